The predicted octanol–water partition coefficient (Wildman–Crippen LogP) is 2.36. The van der Waals surface area contributed by atoms with Gasteiger partial charge in [-0.3, -0.25) is 5.73 Å². The van der Waals surface area contributed by atoms with Crippen molar-refractivity contribution in [3.63, 3.8) is 0 Å². The maximum absolute atomic E-state index is 12.7. The van der Waals surface area contributed by atoms with E-state index in [1.807, 2.05) is 0 Å². The van der Waals surface area contributed by atoms with E-state index in [1.165, 1.54) is 6.34 Å². The van der Waals surface area contributed by atoms with Crippen LogP contribution in [-0.2, 0) is 11.8 Å². The lowest BCUT2D eigenvalue weighted by atomic mass is 9.97. The van der Waals surface area contributed by atoms with Crippen LogP contribution in [-0.4, -0.2) is 11.3 Å². The molecule has 3 rings (SSSR count). The molecule has 0 amide bonds. The van der Waals surface area contributed by atoms with Gasteiger partial charge >= 0.3 is 6.18 Å². The number of aromatic nitrogens is 1. The van der Waals surface area contributed by atoms with Crippen molar-refractivity contribution in [2.75, 3.05) is 11.1 Å². The second-order valence-electron chi connectivity index (χ2n) is 4.51. The van der Waals surface area contributed by atoms with E-state index in [4.69, 9.17) is 11.5 Å². The highest BCUT2D eigenvalue weighted by molar-refractivity contribution is 7.09. The van der Waals surface area contributed by atoms with Gasteiger partial charge in [0.25, 0.3) is 0 Å². The van der Waals surface area contributed by atoms with Crippen LogP contribution in [0.25, 0.3) is 0 Å². The molecule has 1 unspecified atom stereocenters. The highest BCUT2D eigenvalue weighted by atomic mass is 32.1. The van der Waals surface area contributed by atoms with E-state index in [9.17, 15) is 13.2 Å². The van der Waals surface area contributed by atoms with E-state index in [0.29, 0.717) is 16.9 Å². The molecule has 110 valence electrons. The van der Waals surface area contributed by atoms with E-state index in [0.717, 1.165) is 16.7 Å². The van der Waals surface area contributed by atoms with Crippen LogP contribution in [0.3, 0.4) is 0 Å². The third-order valence-corrected chi connectivity index (χ3v) is 4.03. The molecule has 0 radical (unpaired) electrons. The topological polar surface area (TPSA) is 89.3 Å². The lowest BCUT2D eigenvalue weighted by molar-refractivity contribution is -0.140. The zero-order chi connectivity index (χ0) is 15.3. The van der Waals surface area contributed by atoms with E-state index in [1.54, 1.807) is 18.2 Å². The van der Waals surface area contributed by atoms with Crippen molar-refractivity contribution >= 4 is 29.1 Å². The molecule has 0 spiro atoms. The molecule has 9 heteroatoms. The van der Waals surface area contributed by atoms with Crippen LogP contribution in [0.1, 0.15) is 16.3 Å². The van der Waals surface area contributed by atoms with Gasteiger partial charge in [-0.15, -0.1) is 11.3 Å². The Kier molecular flexibility index (Phi) is 2.92. The Hall–Kier alpha value is -2.13. The first-order valence-corrected chi connectivity index (χ1v) is 6.71. The van der Waals surface area contributed by atoms with Gasteiger partial charge in [-0.2, -0.15) is 13.2 Å². The average Bonchev–Trinajstić information content (AvgIpc) is 2.88. The molecule has 21 heavy (non-hydrogen) atoms. The minimum absolute atomic E-state index is 0.0681. The van der Waals surface area contributed by atoms with E-state index in [-0.39, 0.29) is 5.01 Å². The molecule has 1 atom stereocenters. The van der Waals surface area contributed by atoms with Crippen LogP contribution in [0.15, 0.2) is 28.6 Å². The second-order valence-corrected chi connectivity index (χ2v) is 5.37. The van der Waals surface area contributed by atoms with Gasteiger partial charge in [-0.05, 0) is 12.1 Å². The van der Waals surface area contributed by atoms with Crippen molar-refractivity contribution in [1.29, 1.82) is 0 Å². The van der Waals surface area contributed by atoms with Gasteiger partial charge in [0.05, 0.1) is 6.34 Å². The fourth-order valence-corrected chi connectivity index (χ4v) is 2.94. The summed E-state index contributed by atoms with van der Waals surface area (Å²) >= 11 is 0.821. The number of aliphatic imine (C=N–C) groups is 1. The number of benzene rings is 1. The first kappa shape index (κ1) is 13.8. The molecule has 0 saturated carbocycles. The van der Waals surface area contributed by atoms with Crippen LogP contribution in [0.5, 0.6) is 0 Å². The van der Waals surface area contributed by atoms with Crippen LogP contribution in [0.2, 0.25) is 0 Å². The number of nitrogens with one attached hydrogen (secondary N) is 1. The molecule has 1 aromatic heterocycles. The number of thiazole rings is 1. The number of fused-ring (bicyclic) bond motifs is 1. The first-order valence-electron chi connectivity index (χ1n) is 5.83. The smallest absolute Gasteiger partial charge is 0.399 e. The van der Waals surface area contributed by atoms with Gasteiger partial charge in [0, 0.05) is 22.3 Å². The largest absolute Gasteiger partial charge is 0.434 e. The summed E-state index contributed by atoms with van der Waals surface area (Å²) in [4.78, 5) is 7.67. The van der Waals surface area contributed by atoms with Gasteiger partial charge in [-0.1, -0.05) is 6.07 Å². The van der Waals surface area contributed by atoms with Gasteiger partial charge < -0.3 is 11.1 Å². The molecule has 5 N–H and O–H groups in total. The normalized spacial score (nSPS) is 21.0. The molecule has 2 heterocycles. The molecule has 1 aliphatic heterocycles. The number of nitrogens with two attached hydrogens (primary N) is 2. The third-order valence-electron chi connectivity index (χ3n) is 3.06. The summed E-state index contributed by atoms with van der Waals surface area (Å²) in [5.74, 6) is 0. The molecule has 0 saturated heterocycles. The van der Waals surface area contributed by atoms with Gasteiger partial charge in [-0.25, -0.2) is 9.98 Å². The summed E-state index contributed by atoms with van der Waals surface area (Å²) < 4.78 is 38.0. The Morgan fingerprint density at radius 3 is 2.71 bits per heavy atom. The number of hydrogen-bond acceptors (Lipinski definition) is 6. The molecular formula is C12H10F3N5S. The maximum Gasteiger partial charge on any atom is 0.434 e. The zero-order valence-electron chi connectivity index (χ0n) is 10.5. The lowest BCUT2D eigenvalue weighted by Crippen LogP contribution is -2.39. The fraction of sp³-hybridized carbons (Fsp3) is 0.167. The SMILES string of the molecule is Nc1ccc2c(c1)NC=NC2(N)c1nc(C(F)(F)F)cs1. The van der Waals surface area contributed by atoms with E-state index in [2.05, 4.69) is 15.3 Å². The summed E-state index contributed by atoms with van der Waals surface area (Å²) in [6.07, 6.45) is -3.18. The third kappa shape index (κ3) is 2.24. The predicted molar refractivity (Wildman–Crippen MR) is 75.1 cm³/mol. The molecule has 0 aliphatic carbocycles. The standard InChI is InChI=1S/C12H10F3N5S/c13-12(14,15)9-4-21-10(20-9)11(17)7-2-1-6(16)3-8(7)18-5-19-11/h1-5H,16-17H2,(H,18,19). The highest BCUT2D eigenvalue weighted by Gasteiger charge is 2.40. The number of hydrogen-bond donors (Lipinski definition) is 3. The Balaban J connectivity index is 2.11. The molecule has 1 aliphatic rings. The van der Waals surface area contributed by atoms with Gasteiger partial charge in [0.15, 0.2) is 11.4 Å². The summed E-state index contributed by atoms with van der Waals surface area (Å²) in [6.45, 7) is 0. The van der Waals surface area contributed by atoms with E-state index < -0.39 is 17.5 Å². The van der Waals surface area contributed by atoms with E-state index >= 15 is 0 Å². The number of anilines is 2. The Bertz CT molecular complexity index is 724. The zero-order valence-corrected chi connectivity index (χ0v) is 11.3. The Morgan fingerprint density at radius 1 is 1.29 bits per heavy atom. The van der Waals surface area contributed by atoms with Crippen molar-refractivity contribution in [3.05, 3.63) is 39.8 Å². The van der Waals surface area contributed by atoms with Crippen molar-refractivity contribution in [2.24, 2.45) is 10.7 Å². The minimum Gasteiger partial charge on any atom is -0.399 e. The first-order chi connectivity index (χ1) is 9.80. The number of nitrogen functional groups attached to an aromatic ring is 1. The summed E-state index contributed by atoms with van der Waals surface area (Å²) in [7, 11) is 0. The Morgan fingerprint density at radius 2 is 2.05 bits per heavy atom. The van der Waals surface area contributed by atoms with Crippen molar-refractivity contribution in [2.45, 2.75) is 11.8 Å². The van der Waals surface area contributed by atoms with Crippen molar-refractivity contribution in [3.8, 4) is 0 Å². The lowest BCUT2D eigenvalue weighted by Gasteiger charge is -2.29. The maximum atomic E-state index is 12.7. The summed E-state index contributed by atoms with van der Waals surface area (Å²) in [5.41, 5.74) is 11.1. The monoisotopic (exact) mass is 313 g/mol. The second kappa shape index (κ2) is 4.43. The van der Waals surface area contributed by atoms with Crippen LogP contribution in [0.4, 0.5) is 24.5 Å². The molecule has 5 nitrogen and oxygen atoms in total. The number of nitrogens with zero attached hydrogens (tertiary/aromatic N) is 2. The van der Waals surface area contributed by atoms with Gasteiger partial charge in [0.1, 0.15) is 5.01 Å². The Labute approximate surface area is 121 Å². The number of rotatable bonds is 1. The van der Waals surface area contributed by atoms with Crippen LogP contribution < -0.4 is 16.8 Å². The molecule has 1 aromatic carbocycles. The number of halogens is 3. The van der Waals surface area contributed by atoms with Crippen LogP contribution in [0, 0.1) is 0 Å². The number of alkyl halides is 3. The quantitative estimate of drug-likeness (QED) is 0.705. The molecule has 2 aromatic rings. The average molecular weight is 313 g/mol. The highest BCUT2D eigenvalue weighted by Crippen LogP contribution is 2.40. The molecular weight excluding hydrogens is 303 g/mol. The van der Waals surface area contributed by atoms with Crippen molar-refractivity contribution in [1.82, 2.24) is 4.98 Å². The summed E-state index contributed by atoms with van der Waals surface area (Å²) in [6, 6.07) is 4.88. The molecule has 0 bridgehead atoms. The minimum atomic E-state index is -4.51. The molecule has 0 fully saturated rings. The van der Waals surface area contributed by atoms with Crippen molar-refractivity contribution < 1.29 is 13.2 Å². The van der Waals surface area contributed by atoms with Crippen LogP contribution >= 0.6 is 11.3 Å². The summed E-state index contributed by atoms with van der Waals surface area (Å²) in [5, 5.41) is 3.87. The van der Waals surface area contributed by atoms with Gasteiger partial charge in [0.2, 0.25) is 0 Å². The fourth-order valence-electron chi connectivity index (χ4n) is 2.04.